The van der Waals surface area contributed by atoms with Gasteiger partial charge in [-0.05, 0) is 31.0 Å². The van der Waals surface area contributed by atoms with Crippen LogP contribution in [0.3, 0.4) is 0 Å². The molecule has 1 aliphatic rings. The van der Waals surface area contributed by atoms with E-state index < -0.39 is 15.1 Å². The summed E-state index contributed by atoms with van der Waals surface area (Å²) in [7, 11) is -3.05. The van der Waals surface area contributed by atoms with Crippen LogP contribution in [-0.4, -0.2) is 31.9 Å². The van der Waals surface area contributed by atoms with E-state index in [9.17, 15) is 13.2 Å². The lowest BCUT2D eigenvalue weighted by atomic mass is 10.2. The van der Waals surface area contributed by atoms with E-state index >= 15 is 0 Å². The van der Waals surface area contributed by atoms with Crippen molar-refractivity contribution in [2.75, 3.05) is 18.0 Å². The first-order valence-electron chi connectivity index (χ1n) is 5.95. The summed E-state index contributed by atoms with van der Waals surface area (Å²) in [6.07, 6.45) is 1.25. The molecule has 19 heavy (non-hydrogen) atoms. The minimum Gasteiger partial charge on any atom is -0.399 e. The van der Waals surface area contributed by atoms with Gasteiger partial charge >= 0.3 is 0 Å². The Balaban J connectivity index is 2.02. The quantitative estimate of drug-likeness (QED) is 0.822. The summed E-state index contributed by atoms with van der Waals surface area (Å²) >= 11 is 5.92. The van der Waals surface area contributed by atoms with E-state index in [0.29, 0.717) is 24.1 Å². The number of nitrogens with two attached hydrogens (primary N) is 1. The molecule has 5 nitrogen and oxygen atoms in total. The minimum atomic E-state index is -3.05. The lowest BCUT2D eigenvalue weighted by molar-refractivity contribution is 0.0954. The van der Waals surface area contributed by atoms with Crippen molar-refractivity contribution in [2.24, 2.45) is 0 Å². The van der Waals surface area contributed by atoms with Crippen molar-refractivity contribution in [3.63, 3.8) is 0 Å². The highest BCUT2D eigenvalue weighted by Gasteiger charge is 2.31. The van der Waals surface area contributed by atoms with Crippen LogP contribution in [0.25, 0.3) is 0 Å². The molecule has 7 heteroatoms. The number of carbonyl (C=O) groups excluding carboxylic acids is 1. The summed E-state index contributed by atoms with van der Waals surface area (Å²) in [5.74, 6) is -0.178. The predicted molar refractivity (Wildman–Crippen MR) is 75.0 cm³/mol. The van der Waals surface area contributed by atoms with Crippen molar-refractivity contribution < 1.29 is 13.2 Å². The van der Waals surface area contributed by atoms with Crippen LogP contribution in [0.15, 0.2) is 18.2 Å². The summed E-state index contributed by atoms with van der Waals surface area (Å²) in [4.78, 5) is 11.9. The van der Waals surface area contributed by atoms with Gasteiger partial charge < -0.3 is 11.1 Å². The number of hydrogen-bond donors (Lipinski definition) is 2. The maximum Gasteiger partial charge on any atom is 0.252 e. The van der Waals surface area contributed by atoms with Gasteiger partial charge in [-0.3, -0.25) is 4.79 Å². The van der Waals surface area contributed by atoms with Gasteiger partial charge in [0.2, 0.25) is 0 Å². The average molecular weight is 303 g/mol. The number of rotatable bonds is 3. The Morgan fingerprint density at radius 1 is 1.47 bits per heavy atom. The molecule has 1 fully saturated rings. The van der Waals surface area contributed by atoms with Crippen molar-refractivity contribution in [2.45, 2.75) is 18.1 Å². The molecule has 1 aliphatic heterocycles. The first kappa shape index (κ1) is 14.1. The van der Waals surface area contributed by atoms with Crippen LogP contribution in [0, 0.1) is 0 Å². The summed E-state index contributed by atoms with van der Waals surface area (Å²) in [6, 6.07) is 4.59. The molecule has 1 unspecified atom stereocenters. The fourth-order valence-corrected chi connectivity index (χ4v) is 4.14. The maximum atomic E-state index is 11.9. The van der Waals surface area contributed by atoms with Gasteiger partial charge in [-0.1, -0.05) is 11.6 Å². The van der Waals surface area contributed by atoms with Gasteiger partial charge in [0.25, 0.3) is 5.91 Å². The second kappa shape index (κ2) is 5.38. The monoisotopic (exact) mass is 302 g/mol. The molecule has 104 valence electrons. The SMILES string of the molecule is Nc1ccc(C(=O)NCC2CCCS2(=O)=O)c(Cl)c1. The Morgan fingerprint density at radius 2 is 2.21 bits per heavy atom. The van der Waals surface area contributed by atoms with Gasteiger partial charge in [-0.25, -0.2) is 8.42 Å². The molecular formula is C12H15ClN2O3S. The van der Waals surface area contributed by atoms with Gasteiger partial charge in [0.05, 0.1) is 21.6 Å². The Hall–Kier alpha value is -1.27. The first-order chi connectivity index (χ1) is 8.90. The first-order valence-corrected chi connectivity index (χ1v) is 8.04. The predicted octanol–water partition coefficient (Wildman–Crippen LogP) is 1.23. The molecule has 0 aliphatic carbocycles. The van der Waals surface area contributed by atoms with Crippen LogP contribution in [0.4, 0.5) is 5.69 Å². The third kappa shape index (κ3) is 3.19. The standard InChI is InChI=1S/C12H15ClN2O3S/c13-11-6-8(14)3-4-10(11)12(16)15-7-9-2-1-5-19(9,17)18/h3-4,6,9H,1-2,5,7,14H2,(H,15,16). The Bertz CT molecular complexity index is 601. The zero-order chi connectivity index (χ0) is 14.0. The maximum absolute atomic E-state index is 11.9. The molecule has 3 N–H and O–H groups in total. The normalized spacial score (nSPS) is 21.2. The number of carbonyl (C=O) groups is 1. The lowest BCUT2D eigenvalue weighted by Gasteiger charge is -2.11. The molecule has 1 saturated heterocycles. The lowest BCUT2D eigenvalue weighted by Crippen LogP contribution is -2.34. The second-order valence-electron chi connectivity index (χ2n) is 4.58. The second-order valence-corrected chi connectivity index (χ2v) is 7.39. The van der Waals surface area contributed by atoms with E-state index in [4.69, 9.17) is 17.3 Å². The van der Waals surface area contributed by atoms with Gasteiger partial charge in [0.1, 0.15) is 0 Å². The molecule has 0 radical (unpaired) electrons. The third-order valence-corrected chi connectivity index (χ3v) is 5.78. The number of hydrogen-bond acceptors (Lipinski definition) is 4. The van der Waals surface area contributed by atoms with Crippen molar-refractivity contribution >= 4 is 33.0 Å². The summed E-state index contributed by atoms with van der Waals surface area (Å²) < 4.78 is 23.3. The molecule has 1 heterocycles. The molecule has 0 saturated carbocycles. The summed E-state index contributed by atoms with van der Waals surface area (Å²) in [6.45, 7) is 0.127. The molecule has 0 bridgehead atoms. The van der Waals surface area contributed by atoms with E-state index in [1.807, 2.05) is 0 Å². The topological polar surface area (TPSA) is 89.3 Å². The van der Waals surface area contributed by atoms with Crippen LogP contribution in [0.2, 0.25) is 5.02 Å². The van der Waals surface area contributed by atoms with E-state index in [1.54, 1.807) is 6.07 Å². The van der Waals surface area contributed by atoms with Crippen LogP contribution >= 0.6 is 11.6 Å². The number of anilines is 1. The molecule has 0 aromatic heterocycles. The highest BCUT2D eigenvalue weighted by molar-refractivity contribution is 7.92. The van der Waals surface area contributed by atoms with E-state index in [2.05, 4.69) is 5.32 Å². The van der Waals surface area contributed by atoms with Gasteiger partial charge in [0, 0.05) is 12.2 Å². The Kier molecular flexibility index (Phi) is 4.01. The van der Waals surface area contributed by atoms with Crippen LogP contribution in [0.1, 0.15) is 23.2 Å². The van der Waals surface area contributed by atoms with Crippen molar-refractivity contribution in [1.29, 1.82) is 0 Å². The number of nitrogen functional groups attached to an aromatic ring is 1. The van der Waals surface area contributed by atoms with Crippen molar-refractivity contribution in [1.82, 2.24) is 5.32 Å². The van der Waals surface area contributed by atoms with Crippen molar-refractivity contribution in [3.05, 3.63) is 28.8 Å². The zero-order valence-electron chi connectivity index (χ0n) is 10.2. The number of benzene rings is 1. The summed E-state index contributed by atoms with van der Waals surface area (Å²) in [5.41, 5.74) is 6.31. The van der Waals surface area contributed by atoms with Crippen LogP contribution in [-0.2, 0) is 9.84 Å². The third-order valence-electron chi connectivity index (χ3n) is 3.19. The molecule has 0 spiro atoms. The minimum absolute atomic E-state index is 0.127. The fraction of sp³-hybridized carbons (Fsp3) is 0.417. The van der Waals surface area contributed by atoms with E-state index in [1.165, 1.54) is 12.1 Å². The highest BCUT2D eigenvalue weighted by Crippen LogP contribution is 2.21. The van der Waals surface area contributed by atoms with Gasteiger partial charge in [-0.15, -0.1) is 0 Å². The average Bonchev–Trinajstić information content (AvgIpc) is 2.65. The molecule has 1 atom stereocenters. The number of nitrogens with one attached hydrogen (secondary N) is 1. The summed E-state index contributed by atoms with van der Waals surface area (Å²) in [5, 5.41) is 2.39. The van der Waals surface area contributed by atoms with Crippen LogP contribution < -0.4 is 11.1 Å². The number of sulfone groups is 1. The highest BCUT2D eigenvalue weighted by atomic mass is 35.5. The van der Waals surface area contributed by atoms with E-state index in [-0.39, 0.29) is 23.2 Å². The molecule has 1 aromatic carbocycles. The largest absolute Gasteiger partial charge is 0.399 e. The molecule has 1 amide bonds. The van der Waals surface area contributed by atoms with Crippen LogP contribution in [0.5, 0.6) is 0 Å². The number of amides is 1. The number of halogens is 1. The van der Waals surface area contributed by atoms with Gasteiger partial charge in [0.15, 0.2) is 9.84 Å². The van der Waals surface area contributed by atoms with Gasteiger partial charge in [-0.2, -0.15) is 0 Å². The Morgan fingerprint density at radius 3 is 2.79 bits per heavy atom. The smallest absolute Gasteiger partial charge is 0.252 e. The van der Waals surface area contributed by atoms with E-state index in [0.717, 1.165) is 0 Å². The molecular weight excluding hydrogens is 288 g/mol. The Labute approximate surface area is 117 Å². The molecule has 2 rings (SSSR count). The fourth-order valence-electron chi connectivity index (χ4n) is 2.10. The zero-order valence-corrected chi connectivity index (χ0v) is 11.8. The molecule has 1 aromatic rings. The van der Waals surface area contributed by atoms with Crippen molar-refractivity contribution in [3.8, 4) is 0 Å².